The van der Waals surface area contributed by atoms with Gasteiger partial charge in [0.2, 0.25) is 0 Å². The molecule has 0 saturated heterocycles. The van der Waals surface area contributed by atoms with E-state index in [0.29, 0.717) is 16.7 Å². The molecule has 7 heteroatoms. The van der Waals surface area contributed by atoms with E-state index < -0.39 is 11.9 Å². The lowest BCUT2D eigenvalue weighted by Crippen LogP contribution is -2.41. The lowest BCUT2D eigenvalue weighted by atomic mass is 10.0. The number of methoxy groups -OCH3 is 1. The van der Waals surface area contributed by atoms with Crippen LogP contribution in [0.15, 0.2) is 54.6 Å². The summed E-state index contributed by atoms with van der Waals surface area (Å²) >= 11 is 6.11. The molecule has 3 rings (SSSR count). The highest BCUT2D eigenvalue weighted by Gasteiger charge is 2.24. The van der Waals surface area contributed by atoms with E-state index >= 15 is 0 Å². The van der Waals surface area contributed by atoms with Gasteiger partial charge >= 0.3 is 6.03 Å². The van der Waals surface area contributed by atoms with Crippen molar-refractivity contribution in [3.63, 3.8) is 0 Å². The van der Waals surface area contributed by atoms with Gasteiger partial charge in [-0.15, -0.1) is 0 Å². The first-order valence-corrected chi connectivity index (χ1v) is 8.24. The number of imide groups is 1. The monoisotopic (exact) mass is 379 g/mol. The number of fused-ring (bicyclic) bond motifs is 1. The lowest BCUT2D eigenvalue weighted by molar-refractivity contribution is 0.0995. The Hall–Kier alpha value is -3.56. The second-order valence-corrected chi connectivity index (χ2v) is 6.06. The number of nitrogens with two attached hydrogens (primary N) is 1. The summed E-state index contributed by atoms with van der Waals surface area (Å²) < 4.78 is 5.19. The van der Waals surface area contributed by atoms with Crippen molar-refractivity contribution in [2.24, 2.45) is 5.73 Å². The molecule has 0 radical (unpaired) electrons. The number of para-hydroxylation sites is 1. The predicted octanol–water partition coefficient (Wildman–Crippen LogP) is 4.10. The molecule has 0 heterocycles. The Morgan fingerprint density at radius 3 is 2.48 bits per heavy atom. The maximum absolute atomic E-state index is 12.9. The molecule has 3 amide bonds. The zero-order chi connectivity index (χ0) is 19.6. The van der Waals surface area contributed by atoms with Crippen molar-refractivity contribution >= 4 is 40.0 Å². The number of hydrogen-bond acceptors (Lipinski definition) is 4. The van der Waals surface area contributed by atoms with Gasteiger partial charge in [-0.05, 0) is 47.2 Å². The topological polar surface area (TPSA) is 96.4 Å². The number of nitriles is 1. The Balaban J connectivity index is 2.10. The zero-order valence-corrected chi connectivity index (χ0v) is 15.0. The molecule has 0 bridgehead atoms. The van der Waals surface area contributed by atoms with Gasteiger partial charge in [0.05, 0.1) is 23.4 Å². The summed E-state index contributed by atoms with van der Waals surface area (Å²) in [6.07, 6.45) is 0. The van der Waals surface area contributed by atoms with E-state index in [1.807, 2.05) is 6.07 Å². The number of hydrogen-bond donors (Lipinski definition) is 1. The number of rotatable bonds is 3. The molecular formula is C20H14ClN3O3. The Kier molecular flexibility index (Phi) is 4.97. The van der Waals surface area contributed by atoms with E-state index in [0.717, 1.165) is 10.3 Å². The highest BCUT2D eigenvalue weighted by atomic mass is 35.5. The van der Waals surface area contributed by atoms with Crippen LogP contribution >= 0.6 is 11.6 Å². The van der Waals surface area contributed by atoms with Gasteiger partial charge in [-0.1, -0.05) is 29.8 Å². The van der Waals surface area contributed by atoms with Gasteiger partial charge in [0.25, 0.3) is 5.91 Å². The molecule has 3 aromatic rings. The van der Waals surface area contributed by atoms with Crippen molar-refractivity contribution in [3.8, 4) is 11.8 Å². The van der Waals surface area contributed by atoms with E-state index in [1.54, 1.807) is 48.5 Å². The SMILES string of the molecule is COc1cc2ccc(C(=O)N(C(N)=O)c3ccccc3Cl)cc2cc1C#N. The van der Waals surface area contributed by atoms with Crippen LogP contribution in [0.25, 0.3) is 10.8 Å². The molecule has 0 aromatic heterocycles. The minimum Gasteiger partial charge on any atom is -0.495 e. The lowest BCUT2D eigenvalue weighted by Gasteiger charge is -2.20. The first kappa shape index (κ1) is 18.2. The summed E-state index contributed by atoms with van der Waals surface area (Å²) in [4.78, 5) is 25.7. The maximum atomic E-state index is 12.9. The largest absolute Gasteiger partial charge is 0.495 e. The first-order valence-electron chi connectivity index (χ1n) is 7.86. The number of amides is 3. The number of halogens is 1. The third-order valence-electron chi connectivity index (χ3n) is 4.04. The van der Waals surface area contributed by atoms with Crippen LogP contribution in [0, 0.1) is 11.3 Å². The number of benzene rings is 3. The molecule has 0 fully saturated rings. The van der Waals surface area contributed by atoms with Crippen molar-refractivity contribution in [1.29, 1.82) is 5.26 Å². The van der Waals surface area contributed by atoms with Crippen LogP contribution in [0.3, 0.4) is 0 Å². The van der Waals surface area contributed by atoms with Gasteiger partial charge in [0.15, 0.2) is 0 Å². The average molecular weight is 380 g/mol. The fourth-order valence-corrected chi connectivity index (χ4v) is 2.98. The van der Waals surface area contributed by atoms with Crippen molar-refractivity contribution in [2.75, 3.05) is 12.0 Å². The third-order valence-corrected chi connectivity index (χ3v) is 4.36. The van der Waals surface area contributed by atoms with E-state index in [2.05, 4.69) is 0 Å². The van der Waals surface area contributed by atoms with Gasteiger partial charge in [0, 0.05) is 5.56 Å². The average Bonchev–Trinajstić information content (AvgIpc) is 2.67. The molecule has 0 aliphatic heterocycles. The molecule has 0 unspecified atom stereocenters. The number of carbonyl (C=O) groups is 2. The zero-order valence-electron chi connectivity index (χ0n) is 14.3. The first-order chi connectivity index (χ1) is 13.0. The molecule has 0 spiro atoms. The van der Waals surface area contributed by atoms with Gasteiger partial charge in [-0.25, -0.2) is 9.69 Å². The summed E-state index contributed by atoms with van der Waals surface area (Å²) in [6, 6.07) is 15.7. The van der Waals surface area contributed by atoms with Gasteiger partial charge in [-0.3, -0.25) is 4.79 Å². The van der Waals surface area contributed by atoms with Gasteiger partial charge in [-0.2, -0.15) is 5.26 Å². The minimum atomic E-state index is -0.944. The van der Waals surface area contributed by atoms with Crippen molar-refractivity contribution < 1.29 is 14.3 Å². The summed E-state index contributed by atoms with van der Waals surface area (Å²) in [5.41, 5.74) is 6.19. The molecule has 6 nitrogen and oxygen atoms in total. The second-order valence-electron chi connectivity index (χ2n) is 5.66. The molecule has 27 heavy (non-hydrogen) atoms. The Bertz CT molecular complexity index is 1110. The van der Waals surface area contributed by atoms with Gasteiger partial charge in [0.1, 0.15) is 11.8 Å². The normalized spacial score (nSPS) is 10.3. The number of anilines is 1. The van der Waals surface area contributed by atoms with E-state index in [-0.39, 0.29) is 16.3 Å². The van der Waals surface area contributed by atoms with Crippen LogP contribution < -0.4 is 15.4 Å². The Morgan fingerprint density at radius 2 is 1.85 bits per heavy atom. The quantitative estimate of drug-likeness (QED) is 0.740. The molecule has 0 saturated carbocycles. The number of carbonyl (C=O) groups excluding carboxylic acids is 2. The third kappa shape index (κ3) is 3.41. The van der Waals surface area contributed by atoms with Crippen molar-refractivity contribution in [2.45, 2.75) is 0 Å². The van der Waals surface area contributed by atoms with E-state index in [4.69, 9.17) is 22.1 Å². The molecule has 134 valence electrons. The molecular weight excluding hydrogens is 366 g/mol. The second kappa shape index (κ2) is 7.36. The molecule has 3 aromatic carbocycles. The van der Waals surface area contributed by atoms with E-state index in [1.165, 1.54) is 13.2 Å². The number of ether oxygens (including phenoxy) is 1. The smallest absolute Gasteiger partial charge is 0.326 e. The summed E-state index contributed by atoms with van der Waals surface area (Å²) in [7, 11) is 1.48. The fourth-order valence-electron chi connectivity index (χ4n) is 2.76. The van der Waals surface area contributed by atoms with Gasteiger partial charge < -0.3 is 10.5 Å². The summed E-state index contributed by atoms with van der Waals surface area (Å²) in [5, 5.41) is 10.9. The Morgan fingerprint density at radius 1 is 1.11 bits per heavy atom. The molecule has 2 N–H and O–H groups in total. The van der Waals surface area contributed by atoms with Crippen LogP contribution in [0.2, 0.25) is 5.02 Å². The summed E-state index contributed by atoms with van der Waals surface area (Å²) in [6.45, 7) is 0. The van der Waals surface area contributed by atoms with Crippen molar-refractivity contribution in [3.05, 3.63) is 70.7 Å². The number of primary amides is 1. The van der Waals surface area contributed by atoms with Crippen LogP contribution in [-0.2, 0) is 0 Å². The standard InChI is InChI=1S/C20H14ClN3O3/c1-27-18-10-12-6-7-13(8-14(12)9-15(18)11-22)19(25)24(20(23)26)17-5-3-2-4-16(17)21/h2-10H,1H3,(H2,23,26). The van der Waals surface area contributed by atoms with Crippen LogP contribution in [0.1, 0.15) is 15.9 Å². The number of nitrogens with zero attached hydrogens (tertiary/aromatic N) is 2. The van der Waals surface area contributed by atoms with Crippen molar-refractivity contribution in [1.82, 2.24) is 0 Å². The maximum Gasteiger partial charge on any atom is 0.326 e. The minimum absolute atomic E-state index is 0.198. The summed E-state index contributed by atoms with van der Waals surface area (Å²) in [5.74, 6) is -0.175. The van der Waals surface area contributed by atoms with E-state index in [9.17, 15) is 14.9 Å². The predicted molar refractivity (Wildman–Crippen MR) is 103 cm³/mol. The van der Waals surface area contributed by atoms with Crippen LogP contribution in [0.5, 0.6) is 5.75 Å². The van der Waals surface area contributed by atoms with Crippen LogP contribution in [-0.4, -0.2) is 19.0 Å². The Labute approximate surface area is 160 Å². The highest BCUT2D eigenvalue weighted by molar-refractivity contribution is 6.35. The number of urea groups is 1. The fraction of sp³-hybridized carbons (Fsp3) is 0.0500. The van der Waals surface area contributed by atoms with Crippen LogP contribution in [0.4, 0.5) is 10.5 Å². The highest BCUT2D eigenvalue weighted by Crippen LogP contribution is 2.29. The molecule has 0 atom stereocenters. The molecule has 0 aliphatic rings. The molecule has 0 aliphatic carbocycles.